The first-order valence-electron chi connectivity index (χ1n) is 10.4. The minimum absolute atomic E-state index is 0.0385. The molecule has 0 aliphatic carbocycles. The Morgan fingerprint density at radius 3 is 2.61 bits per heavy atom. The molecule has 0 radical (unpaired) electrons. The maximum absolute atomic E-state index is 12.7. The molecule has 0 amide bonds. The number of ether oxygens (including phenoxy) is 2. The van der Waals surface area contributed by atoms with Crippen LogP contribution >= 0.6 is 0 Å². The van der Waals surface area contributed by atoms with Crippen molar-refractivity contribution in [1.29, 1.82) is 0 Å². The van der Waals surface area contributed by atoms with E-state index in [0.717, 1.165) is 59.2 Å². The number of aryl methyl sites for hydroxylation is 1. The van der Waals surface area contributed by atoms with Crippen LogP contribution in [-0.4, -0.2) is 46.8 Å². The molecule has 8 heteroatoms. The van der Waals surface area contributed by atoms with Crippen LogP contribution in [0, 0.1) is 6.92 Å². The van der Waals surface area contributed by atoms with E-state index in [1.807, 2.05) is 35.8 Å². The molecule has 2 aromatic carbocycles. The fourth-order valence-corrected chi connectivity index (χ4v) is 4.63. The fourth-order valence-electron chi connectivity index (χ4n) is 4.63. The van der Waals surface area contributed by atoms with E-state index in [-0.39, 0.29) is 11.7 Å². The van der Waals surface area contributed by atoms with E-state index in [2.05, 4.69) is 25.9 Å². The first-order valence-corrected chi connectivity index (χ1v) is 10.4. The molecular weight excluding hydrogens is 394 g/mol. The number of fused-ring (bicyclic) bond motifs is 2. The van der Waals surface area contributed by atoms with E-state index in [4.69, 9.17) is 9.47 Å². The van der Waals surface area contributed by atoms with Gasteiger partial charge < -0.3 is 19.4 Å². The number of methoxy groups -OCH3 is 2. The quantitative estimate of drug-likeness (QED) is 0.545. The van der Waals surface area contributed by atoms with Gasteiger partial charge in [0.15, 0.2) is 11.5 Å². The molecule has 0 atom stereocenters. The van der Waals surface area contributed by atoms with Gasteiger partial charge in [-0.05, 0) is 49.6 Å². The summed E-state index contributed by atoms with van der Waals surface area (Å²) in [6.07, 6.45) is 3.29. The fraction of sp³-hybridized carbons (Fsp3) is 0.348. The summed E-state index contributed by atoms with van der Waals surface area (Å²) < 4.78 is 12.9. The predicted octanol–water partition coefficient (Wildman–Crippen LogP) is 3.44. The Labute approximate surface area is 179 Å². The van der Waals surface area contributed by atoms with Crippen molar-refractivity contribution >= 4 is 27.8 Å². The standard InChI is InChI=1S/C23H25N5O3/c1-14-4-6-18-17(12-14)26-23(29)28(18)15-8-10-27(11-9-15)22-16-5-7-19(30-2)21(31-3)20(16)24-13-25-22/h4-7,12-13,15H,8-11H2,1-3H3,(H,26,29). The van der Waals surface area contributed by atoms with E-state index < -0.39 is 0 Å². The number of nitrogens with one attached hydrogen (secondary N) is 1. The van der Waals surface area contributed by atoms with Crippen LogP contribution in [-0.2, 0) is 0 Å². The zero-order valence-electron chi connectivity index (χ0n) is 17.9. The minimum atomic E-state index is -0.0385. The molecule has 1 aliphatic heterocycles. The van der Waals surface area contributed by atoms with Gasteiger partial charge in [-0.2, -0.15) is 0 Å². The van der Waals surface area contributed by atoms with Gasteiger partial charge in [0.25, 0.3) is 0 Å². The maximum Gasteiger partial charge on any atom is 0.326 e. The van der Waals surface area contributed by atoms with E-state index in [9.17, 15) is 4.79 Å². The predicted molar refractivity (Wildman–Crippen MR) is 120 cm³/mol. The highest BCUT2D eigenvalue weighted by Gasteiger charge is 2.26. The molecule has 0 bridgehead atoms. The molecule has 8 nitrogen and oxygen atoms in total. The van der Waals surface area contributed by atoms with Gasteiger partial charge in [-0.3, -0.25) is 4.57 Å². The van der Waals surface area contributed by atoms with Gasteiger partial charge in [0.05, 0.1) is 25.3 Å². The molecular formula is C23H25N5O3. The van der Waals surface area contributed by atoms with Crippen LogP contribution in [0.25, 0.3) is 21.9 Å². The van der Waals surface area contributed by atoms with Crippen molar-refractivity contribution in [3.63, 3.8) is 0 Å². The van der Waals surface area contributed by atoms with Crippen LogP contribution in [0.15, 0.2) is 41.5 Å². The number of hydrogen-bond donors (Lipinski definition) is 1. The summed E-state index contributed by atoms with van der Waals surface area (Å²) in [5, 5.41) is 0.929. The maximum atomic E-state index is 12.7. The average Bonchev–Trinajstić information content (AvgIpc) is 3.12. The lowest BCUT2D eigenvalue weighted by molar-refractivity contribution is 0.358. The van der Waals surface area contributed by atoms with Crippen LogP contribution in [0.5, 0.6) is 11.5 Å². The number of nitrogens with zero attached hydrogens (tertiary/aromatic N) is 4. The lowest BCUT2D eigenvalue weighted by atomic mass is 10.0. The van der Waals surface area contributed by atoms with E-state index in [1.165, 1.54) is 0 Å². The van der Waals surface area contributed by atoms with Crippen LogP contribution in [0.3, 0.4) is 0 Å². The first-order chi connectivity index (χ1) is 15.1. The molecule has 1 saturated heterocycles. The molecule has 1 N–H and O–H groups in total. The van der Waals surface area contributed by atoms with Crippen molar-refractivity contribution in [2.24, 2.45) is 0 Å². The summed E-state index contributed by atoms with van der Waals surface area (Å²) in [7, 11) is 3.23. The van der Waals surface area contributed by atoms with Crippen molar-refractivity contribution in [2.75, 3.05) is 32.2 Å². The van der Waals surface area contributed by atoms with Gasteiger partial charge in [-0.15, -0.1) is 0 Å². The Balaban J connectivity index is 1.45. The SMILES string of the molecule is COc1ccc2c(N3CCC(n4c(=O)[nH]c5cc(C)ccc54)CC3)ncnc2c1OC. The Morgan fingerprint density at radius 2 is 1.87 bits per heavy atom. The second-order valence-corrected chi connectivity index (χ2v) is 7.93. The number of rotatable bonds is 4. The molecule has 160 valence electrons. The molecule has 4 aromatic rings. The van der Waals surface area contributed by atoms with Crippen LogP contribution < -0.4 is 20.1 Å². The highest BCUT2D eigenvalue weighted by Crippen LogP contribution is 2.38. The van der Waals surface area contributed by atoms with Gasteiger partial charge in [-0.1, -0.05) is 6.07 Å². The Kier molecular flexibility index (Phi) is 4.77. The Hall–Kier alpha value is -3.55. The smallest absolute Gasteiger partial charge is 0.326 e. The third kappa shape index (κ3) is 3.19. The zero-order chi connectivity index (χ0) is 21.5. The number of piperidine rings is 1. The number of benzene rings is 2. The van der Waals surface area contributed by atoms with Gasteiger partial charge in [0, 0.05) is 24.5 Å². The van der Waals surface area contributed by atoms with E-state index in [0.29, 0.717) is 11.5 Å². The summed E-state index contributed by atoms with van der Waals surface area (Å²) in [4.78, 5) is 26.9. The third-order valence-electron chi connectivity index (χ3n) is 6.13. The number of imidazole rings is 1. The monoisotopic (exact) mass is 419 g/mol. The minimum Gasteiger partial charge on any atom is -0.493 e. The second-order valence-electron chi connectivity index (χ2n) is 7.93. The largest absolute Gasteiger partial charge is 0.493 e. The number of aromatic amines is 1. The normalized spacial score (nSPS) is 15.0. The molecule has 1 fully saturated rings. The van der Waals surface area contributed by atoms with Gasteiger partial charge >= 0.3 is 5.69 Å². The highest BCUT2D eigenvalue weighted by atomic mass is 16.5. The van der Waals surface area contributed by atoms with Crippen molar-refractivity contribution < 1.29 is 9.47 Å². The molecule has 31 heavy (non-hydrogen) atoms. The summed E-state index contributed by atoms with van der Waals surface area (Å²) >= 11 is 0. The summed E-state index contributed by atoms with van der Waals surface area (Å²) in [6.45, 7) is 3.64. The Bertz CT molecular complexity index is 1320. The van der Waals surface area contributed by atoms with Crippen molar-refractivity contribution in [2.45, 2.75) is 25.8 Å². The Morgan fingerprint density at radius 1 is 1.06 bits per heavy atom. The first kappa shape index (κ1) is 19.4. The van der Waals surface area contributed by atoms with Gasteiger partial charge in [-0.25, -0.2) is 14.8 Å². The van der Waals surface area contributed by atoms with Crippen LogP contribution in [0.2, 0.25) is 0 Å². The molecule has 0 saturated carbocycles. The number of aromatic nitrogens is 4. The number of anilines is 1. The lowest BCUT2D eigenvalue weighted by Gasteiger charge is -2.33. The molecule has 5 rings (SSSR count). The summed E-state index contributed by atoms with van der Waals surface area (Å²) in [5.74, 6) is 2.14. The van der Waals surface area contributed by atoms with Gasteiger partial charge in [0.1, 0.15) is 17.7 Å². The molecule has 0 unspecified atom stereocenters. The highest BCUT2D eigenvalue weighted by molar-refractivity contribution is 5.95. The van der Waals surface area contributed by atoms with Crippen molar-refractivity contribution in [3.05, 3.63) is 52.7 Å². The topological polar surface area (TPSA) is 85.3 Å². The lowest BCUT2D eigenvalue weighted by Crippen LogP contribution is -2.37. The van der Waals surface area contributed by atoms with Crippen LogP contribution in [0.4, 0.5) is 5.82 Å². The molecule has 1 aliphatic rings. The van der Waals surface area contributed by atoms with Gasteiger partial charge in [0.2, 0.25) is 0 Å². The summed E-state index contributed by atoms with van der Waals surface area (Å²) in [5.41, 5.74) is 3.70. The van der Waals surface area contributed by atoms with Crippen LogP contribution in [0.1, 0.15) is 24.4 Å². The average molecular weight is 419 g/mol. The summed E-state index contributed by atoms with van der Waals surface area (Å²) in [6, 6.07) is 10.1. The number of hydrogen-bond acceptors (Lipinski definition) is 6. The van der Waals surface area contributed by atoms with Crippen molar-refractivity contribution in [3.8, 4) is 11.5 Å². The molecule has 2 aromatic heterocycles. The second kappa shape index (κ2) is 7.61. The molecule has 3 heterocycles. The third-order valence-corrected chi connectivity index (χ3v) is 6.13. The van der Waals surface area contributed by atoms with E-state index in [1.54, 1.807) is 20.5 Å². The molecule has 0 spiro atoms. The number of H-pyrrole nitrogens is 1. The van der Waals surface area contributed by atoms with E-state index >= 15 is 0 Å². The zero-order valence-corrected chi connectivity index (χ0v) is 17.9. The van der Waals surface area contributed by atoms with Crippen molar-refractivity contribution in [1.82, 2.24) is 19.5 Å².